The van der Waals surface area contributed by atoms with Crippen molar-refractivity contribution in [2.24, 2.45) is 0 Å². The number of nitrogens with one attached hydrogen (secondary N) is 1. The lowest BCUT2D eigenvalue weighted by molar-refractivity contribution is -0.192. The van der Waals surface area contributed by atoms with Crippen LogP contribution in [0, 0.1) is 0 Å². The van der Waals surface area contributed by atoms with Crippen LogP contribution in [-0.2, 0) is 14.3 Å². The first-order valence-electron chi connectivity index (χ1n) is 7.14. The van der Waals surface area contributed by atoms with Gasteiger partial charge in [0.15, 0.2) is 0 Å². The Balaban J connectivity index is 0.00000208. The molecule has 0 saturated carbocycles. The van der Waals surface area contributed by atoms with E-state index in [2.05, 4.69) is 10.1 Å². The number of alkyl halides is 3. The van der Waals surface area contributed by atoms with Crippen molar-refractivity contribution in [3.05, 3.63) is 29.8 Å². The number of likely N-dealkylation sites (tertiary alicyclic amines) is 1. The van der Waals surface area contributed by atoms with Crippen molar-refractivity contribution in [3.8, 4) is 0 Å². The molecule has 132 valence electrons. The van der Waals surface area contributed by atoms with Crippen molar-refractivity contribution in [3.63, 3.8) is 0 Å². The lowest BCUT2D eigenvalue weighted by Crippen LogP contribution is -2.58. The normalized spacial score (nSPS) is 25.0. The Morgan fingerprint density at radius 3 is 2.58 bits per heavy atom. The first kappa shape index (κ1) is 18.4. The van der Waals surface area contributed by atoms with Gasteiger partial charge in [-0.3, -0.25) is 4.79 Å². The van der Waals surface area contributed by atoms with E-state index in [1.807, 2.05) is 24.3 Å². The fourth-order valence-electron chi connectivity index (χ4n) is 3.39. The minimum atomic E-state index is -5.02. The van der Waals surface area contributed by atoms with Crippen LogP contribution in [0.2, 0.25) is 0 Å². The number of piperidine rings is 1. The number of fused-ring (bicyclic) bond motifs is 3. The van der Waals surface area contributed by atoms with E-state index >= 15 is 0 Å². The zero-order valence-corrected chi connectivity index (χ0v) is 13.5. The number of carbonyl (C=O) groups excluding carboxylic acids is 2. The van der Waals surface area contributed by atoms with Crippen LogP contribution in [0.3, 0.4) is 0 Å². The number of nitrogens with zero attached hydrogens (tertiary/aromatic N) is 1. The van der Waals surface area contributed by atoms with Gasteiger partial charge in [-0.2, -0.15) is 13.2 Å². The molecule has 1 amide bonds. The van der Waals surface area contributed by atoms with Gasteiger partial charge in [-0.15, -0.1) is 12.4 Å². The number of esters is 1. The first-order chi connectivity index (χ1) is 10.8. The third kappa shape index (κ3) is 3.02. The molecule has 5 nitrogen and oxygen atoms in total. The highest BCUT2D eigenvalue weighted by atomic mass is 35.5. The number of benzene rings is 1. The summed E-state index contributed by atoms with van der Waals surface area (Å²) in [6.07, 6.45) is -4.92. The van der Waals surface area contributed by atoms with Crippen molar-refractivity contribution in [1.82, 2.24) is 4.90 Å². The topological polar surface area (TPSA) is 58.6 Å². The molecule has 2 aliphatic rings. The van der Waals surface area contributed by atoms with E-state index in [-0.39, 0.29) is 37.3 Å². The predicted octanol–water partition coefficient (Wildman–Crippen LogP) is 2.32. The number of rotatable bonds is 1. The van der Waals surface area contributed by atoms with Gasteiger partial charge in [0.05, 0.1) is 13.2 Å². The smallest absolute Gasteiger partial charge is 0.467 e. The molecular formula is C15H16ClF3N2O3. The summed E-state index contributed by atoms with van der Waals surface area (Å²) in [4.78, 5) is 24.2. The standard InChI is InChI=1S/C15H15F3N2O3.ClH/c1-23-13(21)12-6-9-8-4-2-3-5-10(8)19-11(9)7-20(12)14(22)15(16,17)18;/h2-5,9,11-12,19H,6-7H2,1H3;1H/t9?,11?,12-;/m1./s1. The van der Waals surface area contributed by atoms with Crippen LogP contribution in [0.25, 0.3) is 0 Å². The molecule has 2 heterocycles. The van der Waals surface area contributed by atoms with Crippen LogP contribution in [0.4, 0.5) is 18.9 Å². The van der Waals surface area contributed by atoms with E-state index in [0.29, 0.717) is 4.90 Å². The Labute approximate surface area is 142 Å². The quantitative estimate of drug-likeness (QED) is 0.777. The molecule has 24 heavy (non-hydrogen) atoms. The summed E-state index contributed by atoms with van der Waals surface area (Å²) in [6.45, 7) is -0.197. The largest absolute Gasteiger partial charge is 0.471 e. The minimum Gasteiger partial charge on any atom is -0.467 e. The second-order valence-electron chi connectivity index (χ2n) is 5.67. The SMILES string of the molecule is COC(=O)[C@H]1CC2c3ccccc3NC2CN1C(=O)C(F)(F)F.Cl. The summed E-state index contributed by atoms with van der Waals surface area (Å²) in [6, 6.07) is 5.78. The van der Waals surface area contributed by atoms with Crippen LogP contribution in [0.1, 0.15) is 17.9 Å². The van der Waals surface area contributed by atoms with Crippen LogP contribution >= 0.6 is 12.4 Å². The fourth-order valence-corrected chi connectivity index (χ4v) is 3.39. The van der Waals surface area contributed by atoms with Gasteiger partial charge in [0.2, 0.25) is 0 Å². The molecule has 1 fully saturated rings. The lowest BCUT2D eigenvalue weighted by Gasteiger charge is -2.40. The molecule has 0 bridgehead atoms. The van der Waals surface area contributed by atoms with Crippen molar-refractivity contribution in [2.75, 3.05) is 19.0 Å². The maximum atomic E-state index is 12.8. The summed E-state index contributed by atoms with van der Waals surface area (Å²) in [5.74, 6) is -2.97. The van der Waals surface area contributed by atoms with Gasteiger partial charge in [0.1, 0.15) is 6.04 Å². The molecule has 0 aliphatic carbocycles. The number of halogens is 4. The van der Waals surface area contributed by atoms with Gasteiger partial charge in [-0.05, 0) is 18.1 Å². The molecule has 1 saturated heterocycles. The number of ether oxygens (including phenoxy) is 1. The summed E-state index contributed by atoms with van der Waals surface area (Å²) >= 11 is 0. The zero-order chi connectivity index (χ0) is 16.8. The minimum absolute atomic E-state index is 0. The summed E-state index contributed by atoms with van der Waals surface area (Å²) in [7, 11) is 1.10. The second kappa shape index (κ2) is 6.51. The van der Waals surface area contributed by atoms with Crippen LogP contribution in [0.5, 0.6) is 0 Å². The van der Waals surface area contributed by atoms with Gasteiger partial charge in [-0.1, -0.05) is 18.2 Å². The van der Waals surface area contributed by atoms with Gasteiger partial charge < -0.3 is 15.0 Å². The molecular weight excluding hydrogens is 349 g/mol. The molecule has 2 aliphatic heterocycles. The Hall–Kier alpha value is -1.96. The monoisotopic (exact) mass is 364 g/mol. The fraction of sp³-hybridized carbons (Fsp3) is 0.467. The van der Waals surface area contributed by atoms with Gasteiger partial charge >= 0.3 is 18.1 Å². The molecule has 1 aromatic rings. The molecule has 1 aromatic carbocycles. The highest BCUT2D eigenvalue weighted by molar-refractivity contribution is 5.88. The van der Waals surface area contributed by atoms with E-state index < -0.39 is 24.1 Å². The molecule has 0 aromatic heterocycles. The molecule has 3 rings (SSSR count). The molecule has 3 atom stereocenters. The molecule has 9 heteroatoms. The highest BCUT2D eigenvalue weighted by Crippen LogP contribution is 2.43. The molecule has 1 N–H and O–H groups in total. The number of methoxy groups -OCH3 is 1. The summed E-state index contributed by atoms with van der Waals surface area (Å²) in [5, 5.41) is 3.14. The van der Waals surface area contributed by atoms with E-state index in [1.165, 1.54) is 0 Å². The third-order valence-corrected chi connectivity index (χ3v) is 4.41. The second-order valence-corrected chi connectivity index (χ2v) is 5.67. The number of amides is 1. The number of para-hydroxylation sites is 1. The first-order valence-corrected chi connectivity index (χ1v) is 7.14. The number of anilines is 1. The Morgan fingerprint density at radius 2 is 1.96 bits per heavy atom. The van der Waals surface area contributed by atoms with Gasteiger partial charge in [0, 0.05) is 18.2 Å². The number of carbonyl (C=O) groups is 2. The van der Waals surface area contributed by atoms with Crippen LogP contribution in [-0.4, -0.2) is 48.7 Å². The third-order valence-electron chi connectivity index (χ3n) is 4.41. The summed E-state index contributed by atoms with van der Waals surface area (Å²) < 4.78 is 43.1. The zero-order valence-electron chi connectivity index (χ0n) is 12.7. The van der Waals surface area contributed by atoms with E-state index in [0.717, 1.165) is 18.4 Å². The number of hydrogen-bond acceptors (Lipinski definition) is 4. The lowest BCUT2D eigenvalue weighted by atomic mass is 9.84. The van der Waals surface area contributed by atoms with Gasteiger partial charge in [0.25, 0.3) is 0 Å². The van der Waals surface area contributed by atoms with E-state index in [9.17, 15) is 22.8 Å². The highest BCUT2D eigenvalue weighted by Gasteiger charge is 2.52. The van der Waals surface area contributed by atoms with Crippen molar-refractivity contribution in [1.29, 1.82) is 0 Å². The van der Waals surface area contributed by atoms with E-state index in [1.54, 1.807) is 0 Å². The maximum absolute atomic E-state index is 12.8. The summed E-state index contributed by atoms with van der Waals surface area (Å²) in [5.41, 5.74) is 1.78. The molecule has 2 unspecified atom stereocenters. The van der Waals surface area contributed by atoms with Crippen LogP contribution in [0.15, 0.2) is 24.3 Å². The van der Waals surface area contributed by atoms with E-state index in [4.69, 9.17) is 0 Å². The average Bonchev–Trinajstić information content (AvgIpc) is 2.88. The number of hydrogen-bond donors (Lipinski definition) is 1. The Kier molecular flexibility index (Phi) is 4.98. The Morgan fingerprint density at radius 1 is 1.29 bits per heavy atom. The maximum Gasteiger partial charge on any atom is 0.471 e. The van der Waals surface area contributed by atoms with Crippen molar-refractivity contribution in [2.45, 2.75) is 30.6 Å². The van der Waals surface area contributed by atoms with Crippen LogP contribution < -0.4 is 5.32 Å². The molecule has 0 spiro atoms. The van der Waals surface area contributed by atoms with Gasteiger partial charge in [-0.25, -0.2) is 4.79 Å². The molecule has 0 radical (unpaired) electrons. The predicted molar refractivity (Wildman–Crippen MR) is 82.0 cm³/mol. The average molecular weight is 365 g/mol. The Bertz CT molecular complexity index is 653. The van der Waals surface area contributed by atoms with Crippen molar-refractivity contribution >= 4 is 30.0 Å². The van der Waals surface area contributed by atoms with Crippen molar-refractivity contribution < 1.29 is 27.5 Å².